The van der Waals surface area contributed by atoms with Gasteiger partial charge in [0.05, 0.1) is 13.2 Å². The van der Waals surface area contributed by atoms with E-state index < -0.39 is 0 Å². The van der Waals surface area contributed by atoms with Crippen LogP contribution in [-0.2, 0) is 4.74 Å². The second kappa shape index (κ2) is 3.94. The van der Waals surface area contributed by atoms with Gasteiger partial charge in [-0.3, -0.25) is 0 Å². The van der Waals surface area contributed by atoms with Gasteiger partial charge in [0, 0.05) is 12.5 Å². The highest BCUT2D eigenvalue weighted by Gasteiger charge is 2.23. The monoisotopic (exact) mass is 144 g/mol. The summed E-state index contributed by atoms with van der Waals surface area (Å²) in [6.45, 7) is 4.44. The summed E-state index contributed by atoms with van der Waals surface area (Å²) < 4.78 is 5.07. The van der Waals surface area contributed by atoms with E-state index in [1.165, 1.54) is 0 Å². The Hall–Kier alpha value is -0.0800. The van der Waals surface area contributed by atoms with Crippen LogP contribution in [0.25, 0.3) is 0 Å². The Balaban J connectivity index is 2.02. The maximum Gasteiger partial charge on any atom is 0.0519 e. The summed E-state index contributed by atoms with van der Waals surface area (Å²) in [5.74, 6) is 1.51. The Labute approximate surface area is 62.2 Å². The molecule has 1 unspecified atom stereocenters. The van der Waals surface area contributed by atoms with Crippen molar-refractivity contribution in [2.75, 3.05) is 19.8 Å². The standard InChI is InChI=1S/C8H16O2/c1-7(3-2-4-9)8-5-10-6-8/h7-9H,2-6H2,1H3. The minimum atomic E-state index is 0.331. The molecule has 1 atom stereocenters. The molecule has 60 valence electrons. The third kappa shape index (κ3) is 1.96. The van der Waals surface area contributed by atoms with Crippen molar-refractivity contribution in [3.8, 4) is 0 Å². The maximum atomic E-state index is 8.56. The van der Waals surface area contributed by atoms with Crippen molar-refractivity contribution >= 4 is 0 Å². The molecule has 0 spiro atoms. The first-order chi connectivity index (χ1) is 4.84. The molecule has 0 saturated carbocycles. The highest BCUT2D eigenvalue weighted by molar-refractivity contribution is 4.71. The van der Waals surface area contributed by atoms with Gasteiger partial charge in [-0.2, -0.15) is 0 Å². The van der Waals surface area contributed by atoms with Crippen molar-refractivity contribution in [3.63, 3.8) is 0 Å². The second-order valence-corrected chi connectivity index (χ2v) is 3.14. The molecule has 1 N–H and O–H groups in total. The molecule has 1 saturated heterocycles. The van der Waals surface area contributed by atoms with Gasteiger partial charge in [-0.05, 0) is 18.8 Å². The van der Waals surface area contributed by atoms with Crippen LogP contribution >= 0.6 is 0 Å². The number of rotatable bonds is 4. The van der Waals surface area contributed by atoms with E-state index >= 15 is 0 Å². The average molecular weight is 144 g/mol. The van der Waals surface area contributed by atoms with Crippen LogP contribution in [0.3, 0.4) is 0 Å². The SMILES string of the molecule is CC(CCCO)C1COC1. The van der Waals surface area contributed by atoms with E-state index in [0.717, 1.165) is 37.9 Å². The Kier molecular flexibility index (Phi) is 3.16. The lowest BCUT2D eigenvalue weighted by Gasteiger charge is -2.31. The topological polar surface area (TPSA) is 29.5 Å². The minimum absolute atomic E-state index is 0.331. The first kappa shape index (κ1) is 8.02. The normalized spacial score (nSPS) is 22.2. The van der Waals surface area contributed by atoms with Crippen molar-refractivity contribution < 1.29 is 9.84 Å². The number of ether oxygens (including phenoxy) is 1. The predicted molar refractivity (Wildman–Crippen MR) is 39.8 cm³/mol. The fraction of sp³-hybridized carbons (Fsp3) is 1.00. The Morgan fingerprint density at radius 3 is 2.70 bits per heavy atom. The highest BCUT2D eigenvalue weighted by atomic mass is 16.5. The van der Waals surface area contributed by atoms with Crippen LogP contribution in [0.5, 0.6) is 0 Å². The summed E-state index contributed by atoms with van der Waals surface area (Å²) in [5.41, 5.74) is 0. The van der Waals surface area contributed by atoms with Crippen molar-refractivity contribution in [2.24, 2.45) is 11.8 Å². The Bertz CT molecular complexity index is 89.3. The van der Waals surface area contributed by atoms with Crippen LogP contribution in [0.2, 0.25) is 0 Å². The average Bonchev–Trinajstić information content (AvgIpc) is 1.79. The Morgan fingerprint density at radius 1 is 1.60 bits per heavy atom. The van der Waals surface area contributed by atoms with Gasteiger partial charge in [-0.1, -0.05) is 6.92 Å². The molecule has 10 heavy (non-hydrogen) atoms. The van der Waals surface area contributed by atoms with Crippen molar-refractivity contribution in [2.45, 2.75) is 19.8 Å². The molecule has 1 aliphatic heterocycles. The summed E-state index contributed by atoms with van der Waals surface area (Å²) in [4.78, 5) is 0. The zero-order valence-electron chi connectivity index (χ0n) is 6.55. The van der Waals surface area contributed by atoms with E-state index in [2.05, 4.69) is 6.92 Å². The van der Waals surface area contributed by atoms with Crippen LogP contribution in [0.4, 0.5) is 0 Å². The van der Waals surface area contributed by atoms with Crippen molar-refractivity contribution in [1.82, 2.24) is 0 Å². The van der Waals surface area contributed by atoms with Crippen molar-refractivity contribution in [1.29, 1.82) is 0 Å². The molecule has 0 amide bonds. The molecule has 2 heteroatoms. The smallest absolute Gasteiger partial charge is 0.0519 e. The van der Waals surface area contributed by atoms with Gasteiger partial charge in [0.1, 0.15) is 0 Å². The van der Waals surface area contributed by atoms with Crippen LogP contribution in [0, 0.1) is 11.8 Å². The fourth-order valence-electron chi connectivity index (χ4n) is 1.23. The molecular formula is C8H16O2. The van der Waals surface area contributed by atoms with Gasteiger partial charge in [-0.25, -0.2) is 0 Å². The molecular weight excluding hydrogens is 128 g/mol. The molecule has 1 aliphatic rings. The van der Waals surface area contributed by atoms with E-state index in [4.69, 9.17) is 9.84 Å². The quantitative estimate of drug-likeness (QED) is 0.639. The molecule has 1 rings (SSSR count). The van der Waals surface area contributed by atoms with Crippen molar-refractivity contribution in [3.05, 3.63) is 0 Å². The second-order valence-electron chi connectivity index (χ2n) is 3.14. The van der Waals surface area contributed by atoms with Gasteiger partial charge in [-0.15, -0.1) is 0 Å². The third-order valence-electron chi connectivity index (χ3n) is 2.29. The molecule has 0 aromatic heterocycles. The summed E-state index contributed by atoms with van der Waals surface area (Å²) in [5, 5.41) is 8.56. The highest BCUT2D eigenvalue weighted by Crippen LogP contribution is 2.23. The lowest BCUT2D eigenvalue weighted by molar-refractivity contribution is -0.0592. The Morgan fingerprint density at radius 2 is 2.30 bits per heavy atom. The number of aliphatic hydroxyl groups is 1. The van der Waals surface area contributed by atoms with E-state index in [1.54, 1.807) is 0 Å². The van der Waals surface area contributed by atoms with Crippen LogP contribution in [0.1, 0.15) is 19.8 Å². The molecule has 0 radical (unpaired) electrons. The summed E-state index contributed by atoms with van der Waals surface area (Å²) >= 11 is 0. The van der Waals surface area contributed by atoms with Gasteiger partial charge >= 0.3 is 0 Å². The number of hydrogen-bond donors (Lipinski definition) is 1. The molecule has 2 nitrogen and oxygen atoms in total. The first-order valence-electron chi connectivity index (χ1n) is 4.03. The van der Waals surface area contributed by atoms with E-state index in [-0.39, 0.29) is 0 Å². The molecule has 0 aromatic carbocycles. The summed E-state index contributed by atoms with van der Waals surface area (Å²) in [6.07, 6.45) is 2.09. The zero-order chi connectivity index (χ0) is 7.40. The predicted octanol–water partition coefficient (Wildman–Crippen LogP) is 1.04. The summed E-state index contributed by atoms with van der Waals surface area (Å²) in [7, 11) is 0. The largest absolute Gasteiger partial charge is 0.396 e. The maximum absolute atomic E-state index is 8.56. The van der Waals surface area contributed by atoms with Crippen LogP contribution < -0.4 is 0 Å². The van der Waals surface area contributed by atoms with E-state index in [1.807, 2.05) is 0 Å². The molecule has 0 aliphatic carbocycles. The fourth-order valence-corrected chi connectivity index (χ4v) is 1.23. The number of hydrogen-bond acceptors (Lipinski definition) is 2. The molecule has 0 bridgehead atoms. The number of aliphatic hydroxyl groups excluding tert-OH is 1. The third-order valence-corrected chi connectivity index (χ3v) is 2.29. The molecule has 1 fully saturated rings. The molecule has 0 aromatic rings. The van der Waals surface area contributed by atoms with E-state index in [9.17, 15) is 0 Å². The molecule has 1 heterocycles. The van der Waals surface area contributed by atoms with Gasteiger partial charge in [0.2, 0.25) is 0 Å². The van der Waals surface area contributed by atoms with Gasteiger partial charge < -0.3 is 9.84 Å². The lowest BCUT2D eigenvalue weighted by atomic mass is 9.89. The van der Waals surface area contributed by atoms with Gasteiger partial charge in [0.25, 0.3) is 0 Å². The lowest BCUT2D eigenvalue weighted by Crippen LogP contribution is -2.33. The minimum Gasteiger partial charge on any atom is -0.396 e. The van der Waals surface area contributed by atoms with Gasteiger partial charge in [0.15, 0.2) is 0 Å². The zero-order valence-corrected chi connectivity index (χ0v) is 6.55. The van der Waals surface area contributed by atoms with E-state index in [0.29, 0.717) is 6.61 Å². The van der Waals surface area contributed by atoms with Crippen LogP contribution in [0.15, 0.2) is 0 Å². The first-order valence-corrected chi connectivity index (χ1v) is 4.03. The van der Waals surface area contributed by atoms with Crippen LogP contribution in [-0.4, -0.2) is 24.9 Å². The summed E-state index contributed by atoms with van der Waals surface area (Å²) in [6, 6.07) is 0.